The molecular weight excluding hydrogens is 437 g/mol. The Balaban J connectivity index is 1.44. The number of hydrogen-bond donors (Lipinski definition) is 2. The zero-order valence-corrected chi connectivity index (χ0v) is 17.7. The number of nitrogens with two attached hydrogens (primary N) is 1. The van der Waals surface area contributed by atoms with Crippen LogP contribution in [0.1, 0.15) is 15.9 Å². The fourth-order valence-electron chi connectivity index (χ4n) is 3.76. The summed E-state index contributed by atoms with van der Waals surface area (Å²) < 4.78 is 20.4. The number of nitrogens with zero attached hydrogens (tertiary/aromatic N) is 3. The van der Waals surface area contributed by atoms with Gasteiger partial charge in [-0.2, -0.15) is 0 Å². The van der Waals surface area contributed by atoms with Crippen LogP contribution in [-0.2, 0) is 6.54 Å². The number of rotatable bonds is 5. The number of fused-ring (bicyclic) bond motifs is 1. The van der Waals surface area contributed by atoms with E-state index < -0.39 is 11.7 Å². The second-order valence-corrected chi connectivity index (χ2v) is 7.71. The molecule has 2 aromatic carbocycles. The third-order valence-corrected chi connectivity index (χ3v) is 5.34. The predicted octanol–water partition coefficient (Wildman–Crippen LogP) is 4.07. The van der Waals surface area contributed by atoms with E-state index in [0.717, 1.165) is 22.6 Å². The first-order chi connectivity index (χ1) is 16.5. The molecule has 9 heteroatoms. The molecule has 0 aliphatic carbocycles. The van der Waals surface area contributed by atoms with Crippen molar-refractivity contribution in [3.63, 3.8) is 0 Å². The van der Waals surface area contributed by atoms with Crippen molar-refractivity contribution in [2.45, 2.75) is 6.54 Å². The standard InChI is InChI=1S/C25H18FN5O3/c26-20-10-15(9-19(12-20)24(32)29-23-5-8-34-30-23)14-31-7-4-18-11-16(1-2-21(18)25(31)33)17-3-6-28-22(27)13-17/h1-13H,14H2,(H2,27,28)(H,29,30,32). The van der Waals surface area contributed by atoms with E-state index in [-0.39, 0.29) is 23.5 Å². The highest BCUT2D eigenvalue weighted by atomic mass is 19.1. The Morgan fingerprint density at radius 1 is 1.06 bits per heavy atom. The summed E-state index contributed by atoms with van der Waals surface area (Å²) in [6, 6.07) is 16.4. The number of carbonyl (C=O) groups is 1. The fourth-order valence-corrected chi connectivity index (χ4v) is 3.76. The van der Waals surface area contributed by atoms with E-state index >= 15 is 0 Å². The first-order valence-electron chi connectivity index (χ1n) is 10.3. The zero-order chi connectivity index (χ0) is 23.7. The number of benzene rings is 2. The van der Waals surface area contributed by atoms with Gasteiger partial charge in [0.05, 0.1) is 6.54 Å². The van der Waals surface area contributed by atoms with Gasteiger partial charge in [0, 0.05) is 29.4 Å². The number of nitrogen functional groups attached to an aromatic ring is 1. The molecule has 0 spiro atoms. The summed E-state index contributed by atoms with van der Waals surface area (Å²) in [5.41, 5.74) is 7.93. The average Bonchev–Trinajstić information content (AvgIpc) is 3.33. The van der Waals surface area contributed by atoms with Crippen LogP contribution in [0.4, 0.5) is 16.0 Å². The minimum atomic E-state index is -0.585. The lowest BCUT2D eigenvalue weighted by atomic mass is 10.0. The maximum Gasteiger partial charge on any atom is 0.258 e. The topological polar surface area (TPSA) is 116 Å². The Morgan fingerprint density at radius 3 is 2.71 bits per heavy atom. The highest BCUT2D eigenvalue weighted by Crippen LogP contribution is 2.24. The molecule has 0 atom stereocenters. The lowest BCUT2D eigenvalue weighted by molar-refractivity contribution is 0.102. The van der Waals surface area contributed by atoms with Crippen LogP contribution in [0, 0.1) is 5.82 Å². The molecule has 0 radical (unpaired) electrons. The number of hydrogen-bond acceptors (Lipinski definition) is 6. The highest BCUT2D eigenvalue weighted by Gasteiger charge is 2.12. The van der Waals surface area contributed by atoms with Crippen molar-refractivity contribution < 1.29 is 13.7 Å². The molecule has 0 saturated heterocycles. The molecule has 3 N–H and O–H groups in total. The number of aromatic nitrogens is 3. The van der Waals surface area contributed by atoms with Crippen LogP contribution in [0.2, 0.25) is 0 Å². The Kier molecular flexibility index (Phi) is 5.35. The molecule has 1 amide bonds. The Labute approximate surface area is 192 Å². The maximum atomic E-state index is 14.2. The van der Waals surface area contributed by atoms with Gasteiger partial charge in [-0.25, -0.2) is 9.37 Å². The van der Waals surface area contributed by atoms with Crippen LogP contribution in [-0.4, -0.2) is 20.6 Å². The summed E-state index contributed by atoms with van der Waals surface area (Å²) in [5, 5.41) is 7.42. The molecule has 0 saturated carbocycles. The van der Waals surface area contributed by atoms with Crippen molar-refractivity contribution in [1.82, 2.24) is 14.7 Å². The summed E-state index contributed by atoms with van der Waals surface area (Å²) in [5.74, 6) is -0.490. The molecular formula is C25H18FN5O3. The Hall–Kier alpha value is -4.79. The summed E-state index contributed by atoms with van der Waals surface area (Å²) in [4.78, 5) is 29.5. The van der Waals surface area contributed by atoms with Gasteiger partial charge in [-0.15, -0.1) is 0 Å². The first-order valence-corrected chi connectivity index (χ1v) is 10.3. The number of carbonyl (C=O) groups excluding carboxylic acids is 1. The number of anilines is 2. The number of nitrogens with one attached hydrogen (secondary N) is 1. The van der Waals surface area contributed by atoms with Gasteiger partial charge >= 0.3 is 0 Å². The average molecular weight is 455 g/mol. The zero-order valence-electron chi connectivity index (χ0n) is 17.7. The summed E-state index contributed by atoms with van der Waals surface area (Å²) in [6.45, 7) is 0.0966. The maximum absolute atomic E-state index is 14.2. The first kappa shape index (κ1) is 21.1. The van der Waals surface area contributed by atoms with Crippen molar-refractivity contribution in [2.75, 3.05) is 11.1 Å². The molecule has 0 bridgehead atoms. The second-order valence-electron chi connectivity index (χ2n) is 7.71. The van der Waals surface area contributed by atoms with Crippen LogP contribution in [0.5, 0.6) is 0 Å². The van der Waals surface area contributed by atoms with Gasteiger partial charge in [0.1, 0.15) is 17.9 Å². The van der Waals surface area contributed by atoms with E-state index in [1.54, 1.807) is 24.5 Å². The van der Waals surface area contributed by atoms with E-state index in [1.807, 2.05) is 24.3 Å². The summed E-state index contributed by atoms with van der Waals surface area (Å²) in [7, 11) is 0. The molecule has 0 unspecified atom stereocenters. The molecule has 168 valence electrons. The van der Waals surface area contributed by atoms with Gasteiger partial charge in [-0.1, -0.05) is 11.2 Å². The molecule has 0 fully saturated rings. The van der Waals surface area contributed by atoms with E-state index in [4.69, 9.17) is 5.73 Å². The highest BCUT2D eigenvalue weighted by molar-refractivity contribution is 6.03. The van der Waals surface area contributed by atoms with E-state index in [9.17, 15) is 14.0 Å². The van der Waals surface area contributed by atoms with Crippen molar-refractivity contribution in [2.24, 2.45) is 0 Å². The van der Waals surface area contributed by atoms with E-state index in [2.05, 4.69) is 20.0 Å². The van der Waals surface area contributed by atoms with Gasteiger partial charge in [-0.05, 0) is 70.6 Å². The number of amides is 1. The largest absolute Gasteiger partial charge is 0.384 e. The third kappa shape index (κ3) is 4.26. The van der Waals surface area contributed by atoms with Gasteiger partial charge in [0.15, 0.2) is 5.82 Å². The molecule has 0 aliphatic rings. The van der Waals surface area contributed by atoms with E-state index in [1.165, 1.54) is 29.0 Å². The van der Waals surface area contributed by atoms with Crippen LogP contribution in [0.15, 0.2) is 88.6 Å². The minimum Gasteiger partial charge on any atom is -0.384 e. The van der Waals surface area contributed by atoms with Gasteiger partial charge < -0.3 is 20.1 Å². The molecule has 0 aliphatic heterocycles. The van der Waals surface area contributed by atoms with Crippen molar-refractivity contribution >= 4 is 28.3 Å². The van der Waals surface area contributed by atoms with Gasteiger partial charge in [-0.3, -0.25) is 9.59 Å². The predicted molar refractivity (Wildman–Crippen MR) is 126 cm³/mol. The van der Waals surface area contributed by atoms with Crippen LogP contribution < -0.4 is 16.6 Å². The fraction of sp³-hybridized carbons (Fsp3) is 0.0400. The van der Waals surface area contributed by atoms with Gasteiger partial charge in [0.25, 0.3) is 11.5 Å². The quantitative estimate of drug-likeness (QED) is 0.413. The molecule has 5 aromatic rings. The molecule has 34 heavy (non-hydrogen) atoms. The minimum absolute atomic E-state index is 0.0966. The van der Waals surface area contributed by atoms with Crippen LogP contribution in [0.25, 0.3) is 21.9 Å². The van der Waals surface area contributed by atoms with E-state index in [0.29, 0.717) is 16.8 Å². The smallest absolute Gasteiger partial charge is 0.258 e. The molecule has 5 rings (SSSR count). The van der Waals surface area contributed by atoms with Crippen LogP contribution >= 0.6 is 0 Å². The normalized spacial score (nSPS) is 11.0. The molecule has 3 heterocycles. The number of pyridine rings is 2. The molecule has 8 nitrogen and oxygen atoms in total. The van der Waals surface area contributed by atoms with Crippen molar-refractivity contribution in [3.8, 4) is 11.1 Å². The number of halogens is 1. The lowest BCUT2D eigenvalue weighted by Crippen LogP contribution is -2.20. The van der Waals surface area contributed by atoms with Crippen molar-refractivity contribution in [1.29, 1.82) is 0 Å². The summed E-state index contributed by atoms with van der Waals surface area (Å²) >= 11 is 0. The summed E-state index contributed by atoms with van der Waals surface area (Å²) in [6.07, 6.45) is 4.59. The SMILES string of the molecule is Nc1cc(-c2ccc3c(=O)n(Cc4cc(F)cc(C(=O)Nc5ccon5)c4)ccc3c2)ccn1. The second kappa shape index (κ2) is 8.62. The molecule has 3 aromatic heterocycles. The van der Waals surface area contributed by atoms with Crippen molar-refractivity contribution in [3.05, 3.63) is 107 Å². The monoisotopic (exact) mass is 455 g/mol. The van der Waals surface area contributed by atoms with Gasteiger partial charge in [0.2, 0.25) is 0 Å². The Bertz CT molecular complexity index is 1580. The third-order valence-electron chi connectivity index (χ3n) is 5.34. The van der Waals surface area contributed by atoms with Crippen LogP contribution in [0.3, 0.4) is 0 Å². The Morgan fingerprint density at radius 2 is 1.91 bits per heavy atom. The lowest BCUT2D eigenvalue weighted by Gasteiger charge is -2.10.